The Morgan fingerprint density at radius 1 is 1.06 bits per heavy atom. The number of nitrogens with one attached hydrogen (secondary N) is 1. The zero-order valence-corrected chi connectivity index (χ0v) is 19.1. The molecule has 0 spiro atoms. The zero-order chi connectivity index (χ0) is 23.4. The minimum absolute atomic E-state index is 0.187. The molecule has 8 nitrogen and oxygen atoms in total. The average molecular weight is 449 g/mol. The number of aromatic nitrogens is 2. The third kappa shape index (κ3) is 4.90. The summed E-state index contributed by atoms with van der Waals surface area (Å²) in [7, 11) is 0. The molecule has 1 amide bonds. The van der Waals surface area contributed by atoms with Crippen LogP contribution in [-0.2, 0) is 9.47 Å². The van der Waals surface area contributed by atoms with Gasteiger partial charge < -0.3 is 19.7 Å². The number of aryl methyl sites for hydroxylation is 1. The van der Waals surface area contributed by atoms with Gasteiger partial charge in [0.25, 0.3) is 5.91 Å². The monoisotopic (exact) mass is 448 g/mol. The number of amides is 1. The Kier molecular flexibility index (Phi) is 6.74. The van der Waals surface area contributed by atoms with Crippen LogP contribution in [0.2, 0.25) is 0 Å². The third-order valence-electron chi connectivity index (χ3n) is 5.71. The molecule has 0 bridgehead atoms. The van der Waals surface area contributed by atoms with E-state index >= 15 is 0 Å². The normalized spacial score (nSPS) is 13.6. The second-order valence-corrected chi connectivity index (χ2v) is 7.88. The SMILES string of the molecule is CCOC(=O)c1cnn(-c2ccc(C(=O)Nc3ccc(N4CCOCC4)cc3C)cc2)c1C. The van der Waals surface area contributed by atoms with Gasteiger partial charge in [0.05, 0.1) is 37.4 Å². The van der Waals surface area contributed by atoms with Crippen molar-refractivity contribution in [1.29, 1.82) is 0 Å². The molecule has 0 saturated carbocycles. The van der Waals surface area contributed by atoms with Gasteiger partial charge in [0.2, 0.25) is 0 Å². The predicted octanol–water partition coefficient (Wildman–Crippen LogP) is 3.75. The Hall–Kier alpha value is -3.65. The minimum Gasteiger partial charge on any atom is -0.462 e. The number of anilines is 2. The van der Waals surface area contributed by atoms with Crippen molar-refractivity contribution in [3.8, 4) is 5.69 Å². The van der Waals surface area contributed by atoms with Crippen molar-refractivity contribution in [2.45, 2.75) is 20.8 Å². The van der Waals surface area contributed by atoms with Crippen molar-refractivity contribution in [2.24, 2.45) is 0 Å². The largest absolute Gasteiger partial charge is 0.462 e. The summed E-state index contributed by atoms with van der Waals surface area (Å²) >= 11 is 0. The fourth-order valence-electron chi connectivity index (χ4n) is 3.83. The van der Waals surface area contributed by atoms with Crippen LogP contribution in [0.4, 0.5) is 11.4 Å². The molecule has 4 rings (SSSR count). The van der Waals surface area contributed by atoms with Crippen LogP contribution in [0.25, 0.3) is 5.69 Å². The van der Waals surface area contributed by atoms with Crippen LogP contribution in [0.3, 0.4) is 0 Å². The summed E-state index contributed by atoms with van der Waals surface area (Å²) in [6, 6.07) is 13.2. The number of carbonyl (C=O) groups excluding carboxylic acids is 2. The summed E-state index contributed by atoms with van der Waals surface area (Å²) < 4.78 is 12.1. The highest BCUT2D eigenvalue weighted by atomic mass is 16.5. The second kappa shape index (κ2) is 9.87. The van der Waals surface area contributed by atoms with E-state index in [0.29, 0.717) is 23.4 Å². The second-order valence-electron chi connectivity index (χ2n) is 7.88. The van der Waals surface area contributed by atoms with Gasteiger partial charge in [-0.3, -0.25) is 4.79 Å². The third-order valence-corrected chi connectivity index (χ3v) is 5.71. The predicted molar refractivity (Wildman–Crippen MR) is 126 cm³/mol. The quantitative estimate of drug-likeness (QED) is 0.578. The lowest BCUT2D eigenvalue weighted by molar-refractivity contribution is 0.0525. The number of nitrogens with zero attached hydrogens (tertiary/aromatic N) is 3. The fourth-order valence-corrected chi connectivity index (χ4v) is 3.83. The maximum absolute atomic E-state index is 12.8. The standard InChI is InChI=1S/C25H28N4O4/c1-4-33-25(31)22-16-26-29(18(22)3)20-7-5-19(6-8-20)24(30)27-23-10-9-21(15-17(23)2)28-11-13-32-14-12-28/h5-10,15-16H,4,11-14H2,1-3H3,(H,27,30). The van der Waals surface area contributed by atoms with Gasteiger partial charge in [-0.25, -0.2) is 9.48 Å². The molecule has 3 aromatic rings. The minimum atomic E-state index is -0.396. The summed E-state index contributed by atoms with van der Waals surface area (Å²) in [6.07, 6.45) is 1.50. The summed E-state index contributed by atoms with van der Waals surface area (Å²) in [5.74, 6) is -0.583. The molecular formula is C25H28N4O4. The number of esters is 1. The van der Waals surface area contributed by atoms with Crippen molar-refractivity contribution < 1.29 is 19.1 Å². The van der Waals surface area contributed by atoms with Crippen LogP contribution in [0.1, 0.15) is 38.9 Å². The molecule has 1 aliphatic heterocycles. The molecule has 2 aromatic carbocycles. The molecule has 33 heavy (non-hydrogen) atoms. The van der Waals surface area contributed by atoms with Crippen LogP contribution < -0.4 is 10.2 Å². The molecule has 1 N–H and O–H groups in total. The van der Waals surface area contributed by atoms with E-state index in [9.17, 15) is 9.59 Å². The molecular weight excluding hydrogens is 420 g/mol. The van der Waals surface area contributed by atoms with Crippen molar-refractivity contribution in [2.75, 3.05) is 43.1 Å². The van der Waals surface area contributed by atoms with Gasteiger partial charge in [0, 0.05) is 30.0 Å². The summed E-state index contributed by atoms with van der Waals surface area (Å²) in [5, 5.41) is 7.29. The van der Waals surface area contributed by atoms with Crippen molar-refractivity contribution in [3.05, 3.63) is 71.0 Å². The molecule has 8 heteroatoms. The van der Waals surface area contributed by atoms with Crippen LogP contribution in [0.15, 0.2) is 48.7 Å². The Labute approximate surface area is 193 Å². The lowest BCUT2D eigenvalue weighted by Crippen LogP contribution is -2.36. The fraction of sp³-hybridized carbons (Fsp3) is 0.320. The van der Waals surface area contributed by atoms with E-state index in [4.69, 9.17) is 9.47 Å². The first kappa shape index (κ1) is 22.5. The van der Waals surface area contributed by atoms with E-state index in [-0.39, 0.29) is 5.91 Å². The maximum Gasteiger partial charge on any atom is 0.341 e. The van der Waals surface area contributed by atoms with E-state index in [1.807, 2.05) is 26.0 Å². The van der Waals surface area contributed by atoms with Gasteiger partial charge >= 0.3 is 5.97 Å². The van der Waals surface area contributed by atoms with Crippen molar-refractivity contribution in [3.63, 3.8) is 0 Å². The van der Waals surface area contributed by atoms with Gasteiger partial charge in [-0.2, -0.15) is 5.10 Å². The molecule has 1 saturated heterocycles. The average Bonchev–Trinajstić information content (AvgIpc) is 3.22. The van der Waals surface area contributed by atoms with E-state index in [1.165, 1.54) is 6.20 Å². The number of hydrogen-bond donors (Lipinski definition) is 1. The zero-order valence-electron chi connectivity index (χ0n) is 19.1. The highest BCUT2D eigenvalue weighted by Crippen LogP contribution is 2.24. The van der Waals surface area contributed by atoms with Gasteiger partial charge in [-0.15, -0.1) is 0 Å². The molecule has 0 unspecified atom stereocenters. The number of carbonyl (C=O) groups is 2. The topological polar surface area (TPSA) is 85.7 Å². The van der Waals surface area contributed by atoms with E-state index in [1.54, 1.807) is 35.9 Å². The smallest absolute Gasteiger partial charge is 0.341 e. The number of ether oxygens (including phenoxy) is 2. The van der Waals surface area contributed by atoms with Crippen molar-refractivity contribution in [1.82, 2.24) is 9.78 Å². The Morgan fingerprint density at radius 3 is 2.42 bits per heavy atom. The molecule has 0 aliphatic carbocycles. The first-order valence-electron chi connectivity index (χ1n) is 11.0. The first-order chi connectivity index (χ1) is 16.0. The number of benzene rings is 2. The van der Waals surface area contributed by atoms with Gasteiger partial charge in [-0.1, -0.05) is 0 Å². The highest BCUT2D eigenvalue weighted by molar-refractivity contribution is 6.04. The molecule has 1 aromatic heterocycles. The van der Waals surface area contributed by atoms with E-state index in [2.05, 4.69) is 21.4 Å². The van der Waals surface area contributed by atoms with Gasteiger partial charge in [-0.05, 0) is 68.8 Å². The maximum atomic E-state index is 12.8. The molecule has 172 valence electrons. The van der Waals surface area contributed by atoms with Crippen LogP contribution in [0, 0.1) is 13.8 Å². The molecule has 1 fully saturated rings. The van der Waals surface area contributed by atoms with Crippen LogP contribution in [0.5, 0.6) is 0 Å². The first-order valence-corrected chi connectivity index (χ1v) is 11.0. The summed E-state index contributed by atoms with van der Waals surface area (Å²) in [6.45, 7) is 9.08. The molecule has 0 radical (unpaired) electrons. The summed E-state index contributed by atoms with van der Waals surface area (Å²) in [4.78, 5) is 27.1. The number of hydrogen-bond acceptors (Lipinski definition) is 6. The van der Waals surface area contributed by atoms with Crippen LogP contribution in [-0.4, -0.2) is 54.6 Å². The lowest BCUT2D eigenvalue weighted by atomic mass is 10.1. The Bertz CT molecular complexity index is 1150. The Morgan fingerprint density at radius 2 is 1.76 bits per heavy atom. The molecule has 2 heterocycles. The van der Waals surface area contributed by atoms with E-state index < -0.39 is 5.97 Å². The van der Waals surface area contributed by atoms with Crippen molar-refractivity contribution >= 4 is 23.3 Å². The van der Waals surface area contributed by atoms with Gasteiger partial charge in [0.1, 0.15) is 5.56 Å². The molecule has 1 aliphatic rings. The number of rotatable bonds is 6. The van der Waals surface area contributed by atoms with Crippen LogP contribution >= 0.6 is 0 Å². The lowest BCUT2D eigenvalue weighted by Gasteiger charge is -2.29. The van der Waals surface area contributed by atoms with E-state index in [0.717, 1.165) is 48.9 Å². The summed E-state index contributed by atoms with van der Waals surface area (Å²) in [5.41, 5.74) is 5.31. The highest BCUT2D eigenvalue weighted by Gasteiger charge is 2.17. The molecule has 0 atom stereocenters. The van der Waals surface area contributed by atoms with Gasteiger partial charge in [0.15, 0.2) is 0 Å². The Balaban J connectivity index is 1.45. The number of morpholine rings is 1.